The van der Waals surface area contributed by atoms with Crippen LogP contribution in [0.3, 0.4) is 0 Å². The fourth-order valence-electron chi connectivity index (χ4n) is 3.44. The van der Waals surface area contributed by atoms with Crippen LogP contribution in [-0.2, 0) is 28.0 Å². The standard InChI is InChI=1S/C22H41NO6S2/c1-6-28-13-14-29-31-30-22(2,3)12-11-19(24)9-7-8-10-21(25)23-16-20(27-5)15-18(23)17-26-4/h18,20H,6-17H2,1-5H3/t18-,20+/m1/s1. The summed E-state index contributed by atoms with van der Waals surface area (Å²) < 4.78 is 21.3. The molecule has 0 aromatic heterocycles. The fourth-order valence-corrected chi connectivity index (χ4v) is 5.14. The summed E-state index contributed by atoms with van der Waals surface area (Å²) in [6.07, 6.45) is 4.77. The topological polar surface area (TPSA) is 74.3 Å². The Morgan fingerprint density at radius 2 is 1.84 bits per heavy atom. The minimum Gasteiger partial charge on any atom is -0.383 e. The normalized spacial score (nSPS) is 19.2. The molecular weight excluding hydrogens is 438 g/mol. The Kier molecular flexibility index (Phi) is 15.1. The maximum Gasteiger partial charge on any atom is 0.222 e. The molecule has 1 heterocycles. The molecule has 1 rings (SSSR count). The predicted molar refractivity (Wildman–Crippen MR) is 127 cm³/mol. The molecule has 2 atom stereocenters. The number of unbranched alkanes of at least 4 members (excludes halogenated alkanes) is 1. The first-order valence-corrected chi connectivity index (χ1v) is 13.3. The molecule has 1 amide bonds. The number of ketones is 1. The van der Waals surface area contributed by atoms with Crippen LogP contribution < -0.4 is 0 Å². The van der Waals surface area contributed by atoms with E-state index >= 15 is 0 Å². The summed E-state index contributed by atoms with van der Waals surface area (Å²) in [5, 5.41) is 0. The smallest absolute Gasteiger partial charge is 0.222 e. The van der Waals surface area contributed by atoms with Crippen molar-refractivity contribution in [2.75, 3.05) is 47.2 Å². The van der Waals surface area contributed by atoms with Crippen LogP contribution in [0.1, 0.15) is 65.7 Å². The van der Waals surface area contributed by atoms with Crippen LogP contribution in [0.2, 0.25) is 0 Å². The van der Waals surface area contributed by atoms with Gasteiger partial charge < -0.3 is 23.3 Å². The van der Waals surface area contributed by atoms with Crippen LogP contribution in [0.25, 0.3) is 0 Å². The van der Waals surface area contributed by atoms with Gasteiger partial charge in [0.1, 0.15) is 5.78 Å². The van der Waals surface area contributed by atoms with Crippen LogP contribution in [0.5, 0.6) is 0 Å². The van der Waals surface area contributed by atoms with Crippen molar-refractivity contribution in [3.63, 3.8) is 0 Å². The summed E-state index contributed by atoms with van der Waals surface area (Å²) in [5.41, 5.74) is 0. The number of nitrogens with zero attached hydrogens (tertiary/aromatic N) is 1. The van der Waals surface area contributed by atoms with Gasteiger partial charge >= 0.3 is 0 Å². The third kappa shape index (κ3) is 12.5. The number of likely N-dealkylation sites (tertiary alicyclic amines) is 1. The highest BCUT2D eigenvalue weighted by Gasteiger charge is 2.34. The molecule has 1 aliphatic rings. The predicted octanol–water partition coefficient (Wildman–Crippen LogP) is 4.29. The van der Waals surface area contributed by atoms with E-state index in [4.69, 9.17) is 18.4 Å². The summed E-state index contributed by atoms with van der Waals surface area (Å²) in [7, 11) is 4.99. The van der Waals surface area contributed by atoms with Gasteiger partial charge in [-0.2, -0.15) is 0 Å². The molecule has 0 radical (unpaired) electrons. The van der Waals surface area contributed by atoms with Crippen molar-refractivity contribution in [2.45, 2.75) is 82.6 Å². The van der Waals surface area contributed by atoms with Gasteiger partial charge in [-0.3, -0.25) is 9.59 Å². The third-order valence-electron chi connectivity index (χ3n) is 5.31. The Bertz CT molecular complexity index is 520. The van der Waals surface area contributed by atoms with Gasteiger partial charge in [0.15, 0.2) is 0 Å². The molecule has 0 aromatic rings. The van der Waals surface area contributed by atoms with Crippen LogP contribution in [0.15, 0.2) is 0 Å². The van der Waals surface area contributed by atoms with E-state index in [0.717, 1.165) is 25.7 Å². The molecule has 0 bridgehead atoms. The van der Waals surface area contributed by atoms with E-state index in [2.05, 4.69) is 13.8 Å². The summed E-state index contributed by atoms with van der Waals surface area (Å²) in [6, 6.07) is 0.0878. The second kappa shape index (κ2) is 16.3. The van der Waals surface area contributed by atoms with Gasteiger partial charge in [0.2, 0.25) is 5.91 Å². The largest absolute Gasteiger partial charge is 0.383 e. The lowest BCUT2D eigenvalue weighted by molar-refractivity contribution is -0.133. The second-order valence-corrected chi connectivity index (χ2v) is 11.0. The van der Waals surface area contributed by atoms with Crippen molar-refractivity contribution in [1.29, 1.82) is 0 Å². The van der Waals surface area contributed by atoms with Crippen molar-refractivity contribution in [2.24, 2.45) is 0 Å². The SMILES string of the molecule is CCOCCOSSC(C)(C)CCC(=O)CCCCC(=O)N1C[C@@H](OC)C[C@@H]1COC. The maximum atomic E-state index is 12.6. The van der Waals surface area contributed by atoms with E-state index < -0.39 is 0 Å². The maximum absolute atomic E-state index is 12.6. The first-order valence-electron chi connectivity index (χ1n) is 11.2. The van der Waals surface area contributed by atoms with Crippen LogP contribution in [0.4, 0.5) is 0 Å². The van der Waals surface area contributed by atoms with Gasteiger partial charge in [0.25, 0.3) is 0 Å². The molecule has 0 unspecified atom stereocenters. The molecule has 7 nitrogen and oxygen atoms in total. The lowest BCUT2D eigenvalue weighted by atomic mass is 10.0. The summed E-state index contributed by atoms with van der Waals surface area (Å²) >= 11 is 1.37. The zero-order valence-corrected chi connectivity index (χ0v) is 21.5. The molecule has 31 heavy (non-hydrogen) atoms. The highest BCUT2D eigenvalue weighted by atomic mass is 33.1. The molecule has 0 aromatic carbocycles. The average Bonchev–Trinajstić information content (AvgIpc) is 3.15. The summed E-state index contributed by atoms with van der Waals surface area (Å²) in [4.78, 5) is 26.7. The quantitative estimate of drug-likeness (QED) is 0.164. The average molecular weight is 480 g/mol. The van der Waals surface area contributed by atoms with E-state index in [-0.39, 0.29) is 28.6 Å². The summed E-state index contributed by atoms with van der Waals surface area (Å²) in [5.74, 6) is 0.397. The van der Waals surface area contributed by atoms with E-state index in [9.17, 15) is 9.59 Å². The molecule has 0 N–H and O–H groups in total. The van der Waals surface area contributed by atoms with Gasteiger partial charge in [-0.15, -0.1) is 0 Å². The van der Waals surface area contributed by atoms with Crippen LogP contribution >= 0.6 is 21.9 Å². The van der Waals surface area contributed by atoms with Crippen molar-refractivity contribution >= 4 is 33.6 Å². The van der Waals surface area contributed by atoms with Crippen molar-refractivity contribution in [1.82, 2.24) is 4.90 Å². The van der Waals surface area contributed by atoms with Crippen molar-refractivity contribution in [3.8, 4) is 0 Å². The van der Waals surface area contributed by atoms with Crippen molar-refractivity contribution < 1.29 is 28.0 Å². The van der Waals surface area contributed by atoms with Crippen LogP contribution in [-0.4, -0.2) is 80.7 Å². The highest BCUT2D eigenvalue weighted by Crippen LogP contribution is 2.39. The number of rotatable bonds is 18. The molecule has 0 aliphatic carbocycles. The third-order valence-corrected chi connectivity index (χ3v) is 8.15. The number of ether oxygens (including phenoxy) is 3. The van der Waals surface area contributed by atoms with Crippen LogP contribution in [0, 0.1) is 0 Å². The minimum atomic E-state index is -0.0358. The zero-order chi connectivity index (χ0) is 23.1. The molecule has 1 saturated heterocycles. The molecule has 9 heteroatoms. The molecule has 182 valence electrons. The summed E-state index contributed by atoms with van der Waals surface area (Å²) in [6.45, 7) is 9.24. The number of carbonyl (C=O) groups is 2. The number of methoxy groups -OCH3 is 2. The lowest BCUT2D eigenvalue weighted by Crippen LogP contribution is -2.38. The molecular formula is C22H41NO6S2. The molecule has 0 spiro atoms. The zero-order valence-electron chi connectivity index (χ0n) is 19.9. The van der Waals surface area contributed by atoms with Gasteiger partial charge in [-0.1, -0.05) is 10.8 Å². The number of Topliss-reactive ketones (excluding diaryl/α,β-unsaturated/α-hetero) is 1. The lowest BCUT2D eigenvalue weighted by Gasteiger charge is -2.24. The first-order chi connectivity index (χ1) is 14.8. The van der Waals surface area contributed by atoms with Crippen molar-refractivity contribution in [3.05, 3.63) is 0 Å². The minimum absolute atomic E-state index is 0.0358. The van der Waals surface area contributed by atoms with E-state index in [1.54, 1.807) is 25.0 Å². The van der Waals surface area contributed by atoms with Gasteiger partial charge in [-0.25, -0.2) is 0 Å². The monoisotopic (exact) mass is 479 g/mol. The highest BCUT2D eigenvalue weighted by molar-refractivity contribution is 8.75. The second-order valence-electron chi connectivity index (χ2n) is 8.42. The molecule has 0 saturated carbocycles. The number of amides is 1. The Hall–Kier alpha value is -0.320. The van der Waals surface area contributed by atoms with E-state index in [0.29, 0.717) is 52.2 Å². The van der Waals surface area contributed by atoms with Gasteiger partial charge in [0.05, 0.1) is 43.0 Å². The number of carbonyl (C=O) groups excluding carboxylic acids is 2. The first kappa shape index (κ1) is 28.7. The van der Waals surface area contributed by atoms with E-state index in [1.807, 2.05) is 11.8 Å². The van der Waals surface area contributed by atoms with Gasteiger partial charge in [0, 0.05) is 51.4 Å². The molecule has 1 aliphatic heterocycles. The number of hydrogen-bond acceptors (Lipinski definition) is 8. The Morgan fingerprint density at radius 3 is 2.52 bits per heavy atom. The Balaban J connectivity index is 2.17. The van der Waals surface area contributed by atoms with E-state index in [1.165, 1.54) is 11.1 Å². The Labute approximate surface area is 196 Å². The molecule has 1 fully saturated rings. The van der Waals surface area contributed by atoms with Gasteiger partial charge in [-0.05, 0) is 46.5 Å². The fraction of sp³-hybridized carbons (Fsp3) is 0.909. The Morgan fingerprint density at radius 1 is 1.10 bits per heavy atom. The number of hydrogen-bond donors (Lipinski definition) is 0.